The minimum atomic E-state index is -0.958. The Bertz CT molecular complexity index is 990. The summed E-state index contributed by atoms with van der Waals surface area (Å²) in [4.78, 5) is 53.4. The lowest BCUT2D eigenvalue weighted by molar-refractivity contribution is -0.459. The molecule has 0 aliphatic carbocycles. The van der Waals surface area contributed by atoms with E-state index in [1.165, 1.54) is 14.0 Å². The molecule has 0 radical (unpaired) electrons. The summed E-state index contributed by atoms with van der Waals surface area (Å²) in [6.07, 6.45) is 5.29. The van der Waals surface area contributed by atoms with E-state index in [0.717, 1.165) is 5.56 Å². The summed E-state index contributed by atoms with van der Waals surface area (Å²) in [7, 11) is 1.23. The Kier molecular flexibility index (Phi) is 11.9. The number of benzene rings is 1. The lowest BCUT2D eigenvalue weighted by Crippen LogP contribution is -2.78. The molecular weight excluding hydrogens is 480 g/mol. The zero-order valence-electron chi connectivity index (χ0n) is 21.3. The van der Waals surface area contributed by atoms with Gasteiger partial charge in [0.2, 0.25) is 17.7 Å². The van der Waals surface area contributed by atoms with Crippen LogP contribution in [-0.2, 0) is 30.3 Å². The van der Waals surface area contributed by atoms with Gasteiger partial charge in [0.25, 0.3) is 0 Å². The van der Waals surface area contributed by atoms with Crippen molar-refractivity contribution in [1.29, 1.82) is 0 Å². The number of carbonyl (C=O) groups is 4. The first-order chi connectivity index (χ1) is 17.7. The van der Waals surface area contributed by atoms with E-state index in [4.69, 9.17) is 20.9 Å². The van der Waals surface area contributed by atoms with Crippen molar-refractivity contribution in [2.75, 3.05) is 20.3 Å². The second-order valence-electron chi connectivity index (χ2n) is 8.64. The maximum absolute atomic E-state index is 13.2. The van der Waals surface area contributed by atoms with Crippen LogP contribution in [0.1, 0.15) is 38.2 Å². The summed E-state index contributed by atoms with van der Waals surface area (Å²) >= 11 is 0. The third-order valence-electron chi connectivity index (χ3n) is 5.63. The van der Waals surface area contributed by atoms with Crippen LogP contribution in [0.4, 0.5) is 0 Å². The number of nitrogens with one attached hydrogen (secondary N) is 4. The number of unbranched alkanes of at least 4 members (excludes halogenated alkanes) is 1. The van der Waals surface area contributed by atoms with Gasteiger partial charge >= 0.3 is 11.9 Å². The number of rotatable bonds is 7. The topological polar surface area (TPSA) is 189 Å². The first-order valence-electron chi connectivity index (χ1n) is 12.1. The Morgan fingerprint density at radius 2 is 1.84 bits per heavy atom. The fourth-order valence-corrected chi connectivity index (χ4v) is 3.73. The third-order valence-corrected chi connectivity index (χ3v) is 5.63. The van der Waals surface area contributed by atoms with Crippen LogP contribution in [0.25, 0.3) is 0 Å². The molecule has 2 heterocycles. The number of fused-ring (bicyclic) bond motifs is 13. The van der Waals surface area contributed by atoms with Gasteiger partial charge in [-0.2, -0.15) is 0 Å². The van der Waals surface area contributed by atoms with Crippen molar-refractivity contribution in [3.63, 3.8) is 0 Å². The molecule has 0 saturated heterocycles. The van der Waals surface area contributed by atoms with Crippen molar-refractivity contribution in [2.45, 2.75) is 57.2 Å². The Labute approximate surface area is 216 Å². The highest BCUT2D eigenvalue weighted by molar-refractivity contribution is 5.93. The van der Waals surface area contributed by atoms with Crippen LogP contribution in [0.5, 0.6) is 5.75 Å². The minimum absolute atomic E-state index is 0.0945. The summed E-state index contributed by atoms with van der Waals surface area (Å²) in [6.45, 7) is 2.07. The number of amides is 3. The van der Waals surface area contributed by atoms with Gasteiger partial charge in [-0.25, -0.2) is 4.79 Å². The molecule has 12 heteroatoms. The number of guanidine groups is 1. The lowest BCUT2D eigenvalue weighted by Gasteiger charge is -2.24. The van der Waals surface area contributed by atoms with Crippen LogP contribution in [0, 0.1) is 0 Å². The highest BCUT2D eigenvalue weighted by atomic mass is 16.5. The molecule has 0 aromatic heterocycles. The van der Waals surface area contributed by atoms with Crippen LogP contribution in [-0.4, -0.2) is 68.0 Å². The number of carbonyl (C=O) groups excluding carboxylic acids is 4. The van der Waals surface area contributed by atoms with Gasteiger partial charge in [0.15, 0.2) is 0 Å². The van der Waals surface area contributed by atoms with E-state index in [9.17, 15) is 19.2 Å². The zero-order chi connectivity index (χ0) is 27.2. The smallest absolute Gasteiger partial charge is 0.338 e. The highest BCUT2D eigenvalue weighted by Crippen LogP contribution is 2.14. The first-order valence-corrected chi connectivity index (χ1v) is 12.1. The molecular formula is C25H37N6O6+. The second kappa shape index (κ2) is 15.1. The predicted octanol–water partition coefficient (Wildman–Crippen LogP) is -2.26. The van der Waals surface area contributed by atoms with Gasteiger partial charge in [-0.1, -0.05) is 24.3 Å². The van der Waals surface area contributed by atoms with Gasteiger partial charge < -0.3 is 25.4 Å². The molecule has 2 aliphatic rings. The maximum Gasteiger partial charge on any atom is 0.338 e. The molecule has 3 rings (SSSR count). The Morgan fingerprint density at radius 3 is 2.49 bits per heavy atom. The van der Waals surface area contributed by atoms with Gasteiger partial charge in [-0.05, 0) is 43.4 Å². The van der Waals surface area contributed by atoms with Crippen molar-refractivity contribution in [3.05, 3.63) is 42.0 Å². The monoisotopic (exact) mass is 517 g/mol. The molecule has 2 bridgehead atoms. The van der Waals surface area contributed by atoms with Gasteiger partial charge in [0.1, 0.15) is 30.5 Å². The highest BCUT2D eigenvalue weighted by Gasteiger charge is 2.29. The number of nitrogens with two attached hydrogens (primary N) is 2. The van der Waals surface area contributed by atoms with E-state index >= 15 is 0 Å². The predicted molar refractivity (Wildman–Crippen MR) is 136 cm³/mol. The number of ether oxygens (including phenoxy) is 2. The number of esters is 1. The molecule has 0 unspecified atom stereocenters. The fraction of sp³-hybridized carbons (Fsp3) is 0.480. The molecule has 202 valence electrons. The zero-order valence-corrected chi connectivity index (χ0v) is 21.3. The number of hydrogen-bond acceptors (Lipinski definition) is 6. The van der Waals surface area contributed by atoms with E-state index in [2.05, 4.69) is 20.9 Å². The van der Waals surface area contributed by atoms with Crippen LogP contribution in [0.2, 0.25) is 0 Å². The summed E-state index contributed by atoms with van der Waals surface area (Å²) in [5, 5.41) is 8.08. The van der Waals surface area contributed by atoms with E-state index in [1.54, 1.807) is 24.3 Å². The molecule has 1 aromatic carbocycles. The standard InChI is InChI=1S/C25H36N6O6/c1-16(32)29-21-15-17-9-11-18(12-10-17)37-14-6-4-8-20(24(35)36-2)31-22(33)19(30-23(21)34)7-3-5-13-28-25(26)27/h4,6,9-12,19-21H,3,5,7-8,13-15H2,1-2H3,(H,29,32)(H,30,34)(H,31,33)(H4,26,27,28)/p+1/b6-4-/t19-,20-,21-/m0/s1. The van der Waals surface area contributed by atoms with E-state index in [-0.39, 0.29) is 37.7 Å². The quantitative estimate of drug-likeness (QED) is 0.0768. The molecule has 0 saturated carbocycles. The van der Waals surface area contributed by atoms with Crippen molar-refractivity contribution >= 4 is 29.7 Å². The SMILES string of the molecule is COC(=O)[C@@H]1C/C=C\COc2ccc(cc2)C[C@H](NC(C)=O)C(=O)N[C@@H](CCCC[NH+]=C(N)N)C(=O)N1. The fourth-order valence-electron chi connectivity index (χ4n) is 3.73. The van der Waals surface area contributed by atoms with Gasteiger partial charge in [0, 0.05) is 13.3 Å². The Hall–Kier alpha value is -4.09. The molecule has 3 amide bonds. The van der Waals surface area contributed by atoms with E-state index in [0.29, 0.717) is 25.1 Å². The lowest BCUT2D eigenvalue weighted by atomic mass is 10.0. The summed E-state index contributed by atoms with van der Waals surface area (Å²) in [6, 6.07) is 4.33. The van der Waals surface area contributed by atoms with Crippen LogP contribution < -0.4 is 37.1 Å². The first kappa shape index (κ1) is 29.1. The average molecular weight is 518 g/mol. The molecule has 1 aromatic rings. The van der Waals surface area contributed by atoms with Gasteiger partial charge in [-0.3, -0.25) is 30.8 Å². The van der Waals surface area contributed by atoms with Crippen molar-refractivity contribution in [1.82, 2.24) is 16.0 Å². The number of methoxy groups -OCH3 is 1. The normalized spacial score (nSPS) is 21.4. The molecule has 3 atom stereocenters. The largest absolute Gasteiger partial charge is 0.490 e. The average Bonchev–Trinajstić information content (AvgIpc) is 2.86. The maximum atomic E-state index is 13.2. The van der Waals surface area contributed by atoms with Crippen molar-refractivity contribution in [3.8, 4) is 5.75 Å². The summed E-state index contributed by atoms with van der Waals surface area (Å²) in [5.74, 6) is -1.35. The van der Waals surface area contributed by atoms with Gasteiger partial charge in [-0.15, -0.1) is 0 Å². The van der Waals surface area contributed by atoms with Crippen LogP contribution in [0.15, 0.2) is 36.4 Å². The van der Waals surface area contributed by atoms with Crippen molar-refractivity contribution in [2.24, 2.45) is 11.5 Å². The van der Waals surface area contributed by atoms with E-state index in [1.807, 2.05) is 12.1 Å². The second-order valence-corrected chi connectivity index (χ2v) is 8.64. The summed E-state index contributed by atoms with van der Waals surface area (Å²) in [5.41, 5.74) is 11.6. The Balaban J connectivity index is 2.31. The van der Waals surface area contributed by atoms with Crippen LogP contribution >= 0.6 is 0 Å². The third kappa shape index (κ3) is 10.6. The minimum Gasteiger partial charge on any atom is -0.490 e. The molecule has 12 nitrogen and oxygen atoms in total. The van der Waals surface area contributed by atoms with E-state index < -0.39 is 35.9 Å². The van der Waals surface area contributed by atoms with Crippen molar-refractivity contribution < 1.29 is 33.6 Å². The number of hydrogen-bond donors (Lipinski definition) is 6. The van der Waals surface area contributed by atoms with Gasteiger partial charge in [0.05, 0.1) is 13.7 Å². The summed E-state index contributed by atoms with van der Waals surface area (Å²) < 4.78 is 10.5. The molecule has 37 heavy (non-hydrogen) atoms. The molecule has 2 aliphatic heterocycles. The molecule has 8 N–H and O–H groups in total. The molecule has 0 fully saturated rings. The Morgan fingerprint density at radius 1 is 1.11 bits per heavy atom. The van der Waals surface area contributed by atoms with Crippen LogP contribution in [0.3, 0.4) is 0 Å². The molecule has 0 spiro atoms.